The summed E-state index contributed by atoms with van der Waals surface area (Å²) in [5.41, 5.74) is 0.561. The van der Waals surface area contributed by atoms with Crippen LogP contribution in [0.1, 0.15) is 6.42 Å². The molecule has 0 spiro atoms. The Hall–Kier alpha value is -1.83. The zero-order valence-corrected chi connectivity index (χ0v) is 14.9. The minimum absolute atomic E-state index is 0. The highest BCUT2D eigenvalue weighted by molar-refractivity contribution is 6.22. The minimum Gasteiger partial charge on any atom is -1.00 e. The first-order valence-electron chi connectivity index (χ1n) is 8.32. The molecule has 1 atom stereocenters. The Morgan fingerprint density at radius 2 is 1.68 bits per heavy atom. The molecule has 25 heavy (non-hydrogen) atoms. The molecule has 2 amide bonds. The highest BCUT2D eigenvalue weighted by Crippen LogP contribution is 2.36. The Morgan fingerprint density at radius 3 is 2.40 bits per heavy atom. The number of carbonyl (C=O) groups is 2. The summed E-state index contributed by atoms with van der Waals surface area (Å²) in [4.78, 5) is 31.0. The van der Waals surface area contributed by atoms with Crippen LogP contribution in [0, 0.1) is 0 Å². The van der Waals surface area contributed by atoms with Crippen molar-refractivity contribution in [1.29, 1.82) is 0 Å². The number of imide groups is 1. The number of piperazine rings is 1. The van der Waals surface area contributed by atoms with Gasteiger partial charge in [0, 0.05) is 32.2 Å². The van der Waals surface area contributed by atoms with Gasteiger partial charge >= 0.3 is 0 Å². The summed E-state index contributed by atoms with van der Waals surface area (Å²) < 4.78 is 11.1. The summed E-state index contributed by atoms with van der Waals surface area (Å²) in [6, 6.07) is 4.87. The van der Waals surface area contributed by atoms with Gasteiger partial charge in [0.25, 0.3) is 5.91 Å². The second kappa shape index (κ2) is 7.19. The summed E-state index contributed by atoms with van der Waals surface area (Å²) in [7, 11) is 2.07. The molecule has 2 fully saturated rings. The number of halogens is 1. The number of nitrogens with zero attached hydrogens (tertiary/aromatic N) is 3. The molecule has 1 aromatic rings. The number of benzene rings is 1. The maximum Gasteiger partial charge on any atom is 0.251 e. The standard InChI is InChI=1S/C17H21N3O4.ClH/c1-18-4-6-19(7-5-18)13-11-16(21)20(17(13)22)12-2-3-14-15(10-12)24-9-8-23-14;/h2-3,10,13H,4-9,11H2,1H3;1H/p-1. The molecular formula is C17H21ClN3O4-. The van der Waals surface area contributed by atoms with Gasteiger partial charge in [0.15, 0.2) is 11.5 Å². The van der Waals surface area contributed by atoms with E-state index in [9.17, 15) is 9.59 Å². The highest BCUT2D eigenvalue weighted by atomic mass is 35.5. The van der Waals surface area contributed by atoms with Crippen molar-refractivity contribution in [3.05, 3.63) is 18.2 Å². The lowest BCUT2D eigenvalue weighted by molar-refractivity contribution is -0.123. The average molecular weight is 367 g/mol. The van der Waals surface area contributed by atoms with E-state index in [-0.39, 0.29) is 36.7 Å². The van der Waals surface area contributed by atoms with E-state index in [2.05, 4.69) is 16.8 Å². The fraction of sp³-hybridized carbons (Fsp3) is 0.529. The number of likely N-dealkylation sites (N-methyl/N-ethyl adjacent to an activating group) is 1. The van der Waals surface area contributed by atoms with Crippen LogP contribution < -0.4 is 26.8 Å². The van der Waals surface area contributed by atoms with Crippen molar-refractivity contribution in [1.82, 2.24) is 9.80 Å². The zero-order valence-electron chi connectivity index (χ0n) is 14.1. The van der Waals surface area contributed by atoms with Gasteiger partial charge in [0.05, 0.1) is 18.2 Å². The van der Waals surface area contributed by atoms with E-state index in [1.807, 2.05) is 0 Å². The van der Waals surface area contributed by atoms with Crippen molar-refractivity contribution in [3.8, 4) is 11.5 Å². The molecule has 3 heterocycles. The molecule has 0 N–H and O–H groups in total. The van der Waals surface area contributed by atoms with Crippen LogP contribution in [-0.4, -0.2) is 74.1 Å². The number of rotatable bonds is 2. The van der Waals surface area contributed by atoms with E-state index < -0.39 is 0 Å². The molecule has 3 aliphatic heterocycles. The Labute approximate surface area is 152 Å². The van der Waals surface area contributed by atoms with Gasteiger partial charge in [-0.25, -0.2) is 4.90 Å². The van der Waals surface area contributed by atoms with Gasteiger partial charge in [0.2, 0.25) is 5.91 Å². The lowest BCUT2D eigenvalue weighted by atomic mass is 10.2. The van der Waals surface area contributed by atoms with Gasteiger partial charge in [-0.3, -0.25) is 14.5 Å². The Bertz CT molecular complexity index is 676. The van der Waals surface area contributed by atoms with E-state index in [1.165, 1.54) is 4.90 Å². The number of fused-ring (bicyclic) bond motifs is 1. The van der Waals surface area contributed by atoms with Crippen molar-refractivity contribution in [3.63, 3.8) is 0 Å². The molecule has 0 bridgehead atoms. The van der Waals surface area contributed by atoms with Gasteiger partial charge in [-0.05, 0) is 19.2 Å². The third kappa shape index (κ3) is 3.31. The van der Waals surface area contributed by atoms with Gasteiger partial charge in [0.1, 0.15) is 13.2 Å². The van der Waals surface area contributed by atoms with E-state index in [1.54, 1.807) is 18.2 Å². The molecule has 8 heteroatoms. The van der Waals surface area contributed by atoms with Crippen LogP contribution in [0.3, 0.4) is 0 Å². The van der Waals surface area contributed by atoms with Crippen molar-refractivity contribution in [2.75, 3.05) is 51.3 Å². The lowest BCUT2D eigenvalue weighted by Gasteiger charge is -2.35. The van der Waals surface area contributed by atoms with Gasteiger partial charge in [-0.2, -0.15) is 0 Å². The van der Waals surface area contributed by atoms with Crippen LogP contribution in [0.5, 0.6) is 11.5 Å². The summed E-state index contributed by atoms with van der Waals surface area (Å²) in [5, 5.41) is 0. The van der Waals surface area contributed by atoms with Crippen LogP contribution in [0.2, 0.25) is 0 Å². The van der Waals surface area contributed by atoms with Crippen LogP contribution in [0.15, 0.2) is 18.2 Å². The monoisotopic (exact) mass is 366 g/mol. The average Bonchev–Trinajstić information content (AvgIpc) is 2.90. The second-order valence-electron chi connectivity index (χ2n) is 6.45. The molecule has 0 aromatic heterocycles. The van der Waals surface area contributed by atoms with Gasteiger partial charge in [-0.1, -0.05) is 0 Å². The van der Waals surface area contributed by atoms with Crippen LogP contribution in [0.25, 0.3) is 0 Å². The number of carbonyl (C=O) groups excluding carboxylic acids is 2. The van der Waals surface area contributed by atoms with E-state index in [4.69, 9.17) is 9.47 Å². The van der Waals surface area contributed by atoms with Crippen molar-refractivity contribution in [2.24, 2.45) is 0 Å². The normalized spacial score (nSPS) is 24.4. The van der Waals surface area contributed by atoms with Gasteiger partial charge < -0.3 is 26.8 Å². The number of anilines is 1. The molecule has 4 rings (SSSR count). The van der Waals surface area contributed by atoms with Crippen molar-refractivity contribution >= 4 is 17.5 Å². The Kier molecular flexibility index (Phi) is 5.17. The fourth-order valence-corrected chi connectivity index (χ4v) is 3.48. The summed E-state index contributed by atoms with van der Waals surface area (Å²) in [6.45, 7) is 4.45. The lowest BCUT2D eigenvalue weighted by Crippen LogP contribution is -3.00. The molecule has 0 radical (unpaired) electrons. The first kappa shape index (κ1) is 18.0. The predicted octanol–water partition coefficient (Wildman–Crippen LogP) is -2.66. The fourth-order valence-electron chi connectivity index (χ4n) is 3.48. The third-order valence-corrected chi connectivity index (χ3v) is 4.89. The molecule has 136 valence electrons. The molecule has 0 aliphatic carbocycles. The third-order valence-electron chi connectivity index (χ3n) is 4.89. The van der Waals surface area contributed by atoms with E-state index in [0.29, 0.717) is 30.4 Å². The first-order chi connectivity index (χ1) is 11.6. The quantitative estimate of drug-likeness (QED) is 0.533. The molecular weight excluding hydrogens is 346 g/mol. The maximum atomic E-state index is 12.8. The minimum atomic E-state index is -0.348. The summed E-state index contributed by atoms with van der Waals surface area (Å²) >= 11 is 0. The first-order valence-corrected chi connectivity index (χ1v) is 8.32. The zero-order chi connectivity index (χ0) is 16.7. The summed E-state index contributed by atoms with van der Waals surface area (Å²) in [5.74, 6) is 0.948. The molecule has 7 nitrogen and oxygen atoms in total. The predicted molar refractivity (Wildman–Crippen MR) is 87.4 cm³/mol. The summed E-state index contributed by atoms with van der Waals surface area (Å²) in [6.07, 6.45) is 0.247. The highest BCUT2D eigenvalue weighted by Gasteiger charge is 2.43. The van der Waals surface area contributed by atoms with Crippen molar-refractivity contribution in [2.45, 2.75) is 12.5 Å². The number of ether oxygens (including phenoxy) is 2. The largest absolute Gasteiger partial charge is 1.00 e. The van der Waals surface area contributed by atoms with Crippen LogP contribution in [0.4, 0.5) is 5.69 Å². The molecule has 2 saturated heterocycles. The molecule has 3 aliphatic rings. The van der Waals surface area contributed by atoms with Crippen molar-refractivity contribution < 1.29 is 31.5 Å². The van der Waals surface area contributed by atoms with Crippen LogP contribution >= 0.6 is 0 Å². The van der Waals surface area contributed by atoms with Gasteiger partial charge in [-0.15, -0.1) is 0 Å². The number of hydrogen-bond acceptors (Lipinski definition) is 6. The van der Waals surface area contributed by atoms with Crippen LogP contribution in [-0.2, 0) is 9.59 Å². The smallest absolute Gasteiger partial charge is 0.251 e. The second-order valence-corrected chi connectivity index (χ2v) is 6.45. The number of amides is 2. The Morgan fingerprint density at radius 1 is 1.00 bits per heavy atom. The SMILES string of the molecule is CN1CCN(C2CC(=O)N(c3ccc4c(c3)OCCO4)C2=O)CC1.[Cl-]. The maximum absolute atomic E-state index is 12.8. The van der Waals surface area contributed by atoms with E-state index >= 15 is 0 Å². The Balaban J connectivity index is 0.00000182. The molecule has 1 aromatic carbocycles. The molecule has 1 unspecified atom stereocenters. The topological polar surface area (TPSA) is 62.3 Å². The number of hydrogen-bond donors (Lipinski definition) is 0. The molecule has 0 saturated carbocycles. The van der Waals surface area contributed by atoms with E-state index in [0.717, 1.165) is 26.2 Å².